The molecule has 0 radical (unpaired) electrons. The first kappa shape index (κ1) is 20.2. The number of aromatic nitrogens is 1. The highest BCUT2D eigenvalue weighted by Crippen LogP contribution is 2.51. The zero-order valence-electron chi connectivity index (χ0n) is 15.8. The first-order valence-electron chi connectivity index (χ1n) is 8.92. The van der Waals surface area contributed by atoms with Gasteiger partial charge in [-0.1, -0.05) is 17.5 Å². The minimum Gasteiger partial charge on any atom is -0.369 e. The Bertz CT molecular complexity index is 1170. The molecular weight excluding hydrogens is 432 g/mol. The van der Waals surface area contributed by atoms with Gasteiger partial charge in [-0.2, -0.15) is 0 Å². The molecule has 7 nitrogen and oxygen atoms in total. The number of thiophene rings is 1. The van der Waals surface area contributed by atoms with E-state index in [1.165, 1.54) is 18.4 Å². The number of sulfonamides is 1. The van der Waals surface area contributed by atoms with Crippen LogP contribution in [0.25, 0.3) is 10.4 Å². The molecule has 4 rings (SSSR count). The molecule has 2 N–H and O–H groups in total. The fourth-order valence-corrected chi connectivity index (χ4v) is 7.02. The van der Waals surface area contributed by atoms with Gasteiger partial charge in [0.05, 0.1) is 9.90 Å². The highest BCUT2D eigenvalue weighted by Gasteiger charge is 2.57. The number of hydrogen-bond acceptors (Lipinski definition) is 7. The number of hydrogen-bond donors (Lipinski definition) is 1. The van der Waals surface area contributed by atoms with Gasteiger partial charge in [-0.3, -0.25) is 4.98 Å². The highest BCUT2D eigenvalue weighted by molar-refractivity contribution is 7.90. The third kappa shape index (κ3) is 3.20. The van der Waals surface area contributed by atoms with Gasteiger partial charge in [0, 0.05) is 42.1 Å². The van der Waals surface area contributed by atoms with Crippen LogP contribution >= 0.6 is 22.9 Å². The van der Waals surface area contributed by atoms with E-state index in [2.05, 4.69) is 21.8 Å². The monoisotopic (exact) mass is 450 g/mol. The molecule has 0 bridgehead atoms. The van der Waals surface area contributed by atoms with E-state index in [0.717, 1.165) is 20.3 Å². The van der Waals surface area contributed by atoms with Crippen molar-refractivity contribution in [3.63, 3.8) is 0 Å². The first-order chi connectivity index (χ1) is 13.8. The molecule has 0 amide bonds. The van der Waals surface area contributed by atoms with Crippen molar-refractivity contribution < 1.29 is 13.2 Å². The summed E-state index contributed by atoms with van der Waals surface area (Å²) in [5.74, 6) is 5.77. The summed E-state index contributed by atoms with van der Waals surface area (Å²) in [6.07, 6.45) is 4.54. The average molecular weight is 451 g/mol. The molecule has 2 atom stereocenters. The summed E-state index contributed by atoms with van der Waals surface area (Å²) < 4.78 is 32.7. The second-order valence-electron chi connectivity index (χ2n) is 6.84. The zero-order chi connectivity index (χ0) is 20.8. The maximum absolute atomic E-state index is 13.0. The molecule has 2 aliphatic rings. The summed E-state index contributed by atoms with van der Waals surface area (Å²) in [7, 11) is -2.45. The lowest BCUT2D eigenvalue weighted by Crippen LogP contribution is -2.59. The molecule has 1 saturated heterocycles. The molecule has 2 aromatic rings. The molecule has 0 aliphatic carbocycles. The van der Waals surface area contributed by atoms with Gasteiger partial charge in [0.25, 0.3) is 10.0 Å². The predicted molar refractivity (Wildman–Crippen MR) is 114 cm³/mol. The maximum atomic E-state index is 13.0. The summed E-state index contributed by atoms with van der Waals surface area (Å²) in [6.45, 7) is 2.10. The zero-order valence-corrected chi connectivity index (χ0v) is 18.2. The smallest absolute Gasteiger partial charge is 0.267 e. The number of rotatable bonds is 2. The Kier molecular flexibility index (Phi) is 5.07. The Morgan fingerprint density at radius 2 is 2.21 bits per heavy atom. The number of guanidine groups is 1. The van der Waals surface area contributed by atoms with Gasteiger partial charge >= 0.3 is 0 Å². The van der Waals surface area contributed by atoms with Gasteiger partial charge in [-0.15, -0.1) is 17.3 Å². The molecular formula is C19H19ClN4O3S2. The lowest BCUT2D eigenvalue weighted by molar-refractivity contribution is 0.00334. The maximum Gasteiger partial charge on any atom is 0.267 e. The summed E-state index contributed by atoms with van der Waals surface area (Å²) in [5.41, 5.74) is 5.29. The summed E-state index contributed by atoms with van der Waals surface area (Å²) in [5, 5.41) is 0.434. The Labute approximate surface area is 178 Å². The van der Waals surface area contributed by atoms with Crippen LogP contribution in [-0.4, -0.2) is 42.8 Å². The van der Waals surface area contributed by atoms with E-state index >= 15 is 0 Å². The Morgan fingerprint density at radius 3 is 2.97 bits per heavy atom. The van der Waals surface area contributed by atoms with Crippen molar-refractivity contribution in [2.24, 2.45) is 10.7 Å². The van der Waals surface area contributed by atoms with E-state index in [-0.39, 0.29) is 5.96 Å². The fraction of sp³-hybridized carbons (Fsp3) is 0.368. The topological polar surface area (TPSA) is 97.9 Å². The minimum absolute atomic E-state index is 0.0698. The summed E-state index contributed by atoms with van der Waals surface area (Å²) in [6, 6.07) is 3.73. The normalized spacial score (nSPS) is 25.6. The van der Waals surface area contributed by atoms with Crippen LogP contribution in [0.3, 0.4) is 0 Å². The Balaban J connectivity index is 1.88. The first-order valence-corrected chi connectivity index (χ1v) is 11.6. The molecule has 2 aromatic heterocycles. The number of fused-ring (bicyclic) bond motifs is 1. The van der Waals surface area contributed by atoms with Crippen molar-refractivity contribution in [2.45, 2.75) is 30.7 Å². The molecule has 10 heteroatoms. The summed E-state index contributed by atoms with van der Waals surface area (Å²) >= 11 is 7.99. The SMILES string of the molecule is CC#Cc1cncc(-c2cc(Cl)c(C34CCCOC3S(=O)(=O)N(C)C(N)=N4)s2)c1. The quantitative estimate of drug-likeness (QED) is 0.709. The molecule has 0 aromatic carbocycles. The molecule has 0 spiro atoms. The van der Waals surface area contributed by atoms with E-state index in [1.54, 1.807) is 25.4 Å². The van der Waals surface area contributed by atoms with Crippen LogP contribution in [0, 0.1) is 11.8 Å². The number of halogens is 1. The van der Waals surface area contributed by atoms with Crippen molar-refractivity contribution in [1.29, 1.82) is 0 Å². The van der Waals surface area contributed by atoms with Crippen LogP contribution < -0.4 is 5.73 Å². The van der Waals surface area contributed by atoms with Gasteiger partial charge in [-0.05, 0) is 31.9 Å². The fourth-order valence-electron chi connectivity index (χ4n) is 3.64. The average Bonchev–Trinajstić information content (AvgIpc) is 3.09. The predicted octanol–water partition coefficient (Wildman–Crippen LogP) is 2.76. The number of nitrogens with zero attached hydrogens (tertiary/aromatic N) is 3. The molecule has 0 saturated carbocycles. The van der Waals surface area contributed by atoms with E-state index in [1.807, 2.05) is 6.07 Å². The molecule has 29 heavy (non-hydrogen) atoms. The van der Waals surface area contributed by atoms with Crippen molar-refractivity contribution in [1.82, 2.24) is 9.29 Å². The van der Waals surface area contributed by atoms with Crippen molar-refractivity contribution in [3.05, 3.63) is 40.0 Å². The van der Waals surface area contributed by atoms with Crippen molar-refractivity contribution >= 4 is 38.9 Å². The number of pyridine rings is 1. The van der Waals surface area contributed by atoms with Crippen LogP contribution in [-0.2, 0) is 20.3 Å². The largest absolute Gasteiger partial charge is 0.369 e. The number of ether oxygens (including phenoxy) is 1. The second-order valence-corrected chi connectivity index (χ2v) is 10.3. The Morgan fingerprint density at radius 1 is 1.41 bits per heavy atom. The van der Waals surface area contributed by atoms with Crippen LogP contribution in [0.4, 0.5) is 0 Å². The minimum atomic E-state index is -3.83. The van der Waals surface area contributed by atoms with Crippen LogP contribution in [0.2, 0.25) is 5.02 Å². The molecule has 1 fully saturated rings. The summed E-state index contributed by atoms with van der Waals surface area (Å²) in [4.78, 5) is 10.3. The van der Waals surface area contributed by atoms with Crippen LogP contribution in [0.5, 0.6) is 0 Å². The molecule has 2 unspecified atom stereocenters. The van der Waals surface area contributed by atoms with Crippen LogP contribution in [0.1, 0.15) is 30.2 Å². The standard InChI is InChI=1S/C19H19ClN4O3S2/c1-3-5-12-8-13(11-22-10-12)15-9-14(20)16(28-15)19-6-4-7-27-17(19)29(25,26)24(2)18(21)23-19/h8-11,17H,4,6-7H2,1-2H3,(H2,21,23). The third-order valence-corrected chi connectivity index (χ3v) is 8.80. The number of aliphatic imine (C=N–C) groups is 1. The lowest BCUT2D eigenvalue weighted by atomic mass is 9.90. The highest BCUT2D eigenvalue weighted by atomic mass is 35.5. The lowest BCUT2D eigenvalue weighted by Gasteiger charge is -2.44. The van der Waals surface area contributed by atoms with E-state index in [0.29, 0.717) is 29.3 Å². The van der Waals surface area contributed by atoms with Gasteiger partial charge in [-0.25, -0.2) is 17.7 Å². The van der Waals surface area contributed by atoms with Gasteiger partial charge in [0.2, 0.25) is 11.4 Å². The van der Waals surface area contributed by atoms with Crippen molar-refractivity contribution in [2.75, 3.05) is 13.7 Å². The second kappa shape index (κ2) is 7.29. The Hall–Kier alpha value is -2.12. The van der Waals surface area contributed by atoms with Gasteiger partial charge < -0.3 is 10.5 Å². The van der Waals surface area contributed by atoms with Crippen LogP contribution in [0.15, 0.2) is 29.5 Å². The van der Waals surface area contributed by atoms with Gasteiger partial charge in [0.1, 0.15) is 5.54 Å². The third-order valence-electron chi connectivity index (χ3n) is 5.02. The van der Waals surface area contributed by atoms with Gasteiger partial charge in [0.15, 0.2) is 0 Å². The number of nitrogens with two attached hydrogens (primary N) is 1. The molecule has 4 heterocycles. The van der Waals surface area contributed by atoms with Crippen molar-refractivity contribution in [3.8, 4) is 22.3 Å². The van der Waals surface area contributed by atoms with E-state index in [9.17, 15) is 8.42 Å². The van der Waals surface area contributed by atoms with E-state index < -0.39 is 21.0 Å². The molecule has 152 valence electrons. The molecule has 2 aliphatic heterocycles. The van der Waals surface area contributed by atoms with E-state index in [4.69, 9.17) is 22.1 Å².